The molecule has 2 aliphatic rings. The molecule has 1 fully saturated rings. The van der Waals surface area contributed by atoms with Crippen molar-refractivity contribution in [1.82, 2.24) is 10.6 Å². The molecule has 342 valence electrons. The smallest absolute Gasteiger partial charge is 0.422 e. The molecular formula is C49H49F3N2O11. The Kier molecular flexibility index (Phi) is 15.4. The molecular weight excluding hydrogens is 850 g/mol. The Bertz CT molecular complexity index is 2360. The molecule has 4 aromatic carbocycles. The van der Waals surface area contributed by atoms with Gasteiger partial charge >= 0.3 is 24.1 Å². The van der Waals surface area contributed by atoms with E-state index in [9.17, 15) is 42.3 Å². The van der Waals surface area contributed by atoms with Gasteiger partial charge in [0, 0.05) is 47.7 Å². The Labute approximate surface area is 373 Å². The number of hydrogen-bond acceptors (Lipinski definition) is 11. The summed E-state index contributed by atoms with van der Waals surface area (Å²) in [5, 5.41) is 15.5. The van der Waals surface area contributed by atoms with Crippen molar-refractivity contribution in [3.05, 3.63) is 160 Å². The predicted octanol–water partition coefficient (Wildman–Crippen LogP) is 6.88. The van der Waals surface area contributed by atoms with E-state index in [1.807, 2.05) is 60.7 Å². The molecule has 4 aromatic rings. The van der Waals surface area contributed by atoms with Crippen molar-refractivity contribution in [2.75, 3.05) is 13.2 Å². The van der Waals surface area contributed by atoms with Gasteiger partial charge in [-0.25, -0.2) is 9.59 Å². The van der Waals surface area contributed by atoms with E-state index in [0.717, 1.165) is 12.2 Å². The van der Waals surface area contributed by atoms with Crippen molar-refractivity contribution < 1.29 is 65.9 Å². The molecule has 0 aromatic heterocycles. The van der Waals surface area contributed by atoms with E-state index in [0.29, 0.717) is 16.7 Å². The maximum atomic E-state index is 14.0. The first-order chi connectivity index (χ1) is 30.9. The van der Waals surface area contributed by atoms with Crippen LogP contribution in [0.5, 0.6) is 0 Å². The zero-order valence-electron chi connectivity index (χ0n) is 35.8. The van der Waals surface area contributed by atoms with Crippen LogP contribution >= 0.6 is 0 Å². The van der Waals surface area contributed by atoms with Gasteiger partial charge in [-0.2, -0.15) is 13.2 Å². The van der Waals surface area contributed by atoms with Gasteiger partial charge in [0.05, 0.1) is 18.2 Å². The summed E-state index contributed by atoms with van der Waals surface area (Å²) in [6.07, 6.45) is -4.17. The SMILES string of the molecule is CC(C)(C)OC(=O)CC[C@@H](CO)NC(=O)c1cccc(CNC(=O)C2=C[C@H]3OC(c4ccccc4)(c4ccccc4)O[C@H]3[C@H](OC(=O)c3ccccc3C=CC(=O)OCC(F)(F)F)C2)c1. The summed E-state index contributed by atoms with van der Waals surface area (Å²) in [7, 11) is 0. The van der Waals surface area contributed by atoms with Gasteiger partial charge in [-0.1, -0.05) is 91.0 Å². The Morgan fingerprint density at radius 1 is 0.862 bits per heavy atom. The number of nitrogens with one attached hydrogen (secondary N) is 2. The number of halogens is 3. The van der Waals surface area contributed by atoms with E-state index in [1.54, 1.807) is 63.2 Å². The minimum Gasteiger partial charge on any atom is -0.460 e. The van der Waals surface area contributed by atoms with E-state index < -0.39 is 84.9 Å². The fourth-order valence-corrected chi connectivity index (χ4v) is 7.26. The first-order valence-electron chi connectivity index (χ1n) is 20.8. The molecule has 1 heterocycles. The topological polar surface area (TPSA) is 176 Å². The fraction of sp³-hybridized carbons (Fsp3) is 0.327. The maximum Gasteiger partial charge on any atom is 0.422 e. The molecule has 6 rings (SSSR count). The van der Waals surface area contributed by atoms with Gasteiger partial charge in [-0.15, -0.1) is 0 Å². The van der Waals surface area contributed by atoms with Crippen LogP contribution in [0.1, 0.15) is 83.0 Å². The van der Waals surface area contributed by atoms with Crippen LogP contribution in [0.25, 0.3) is 6.08 Å². The van der Waals surface area contributed by atoms with Crippen molar-refractivity contribution in [2.45, 2.75) is 88.5 Å². The summed E-state index contributed by atoms with van der Waals surface area (Å²) < 4.78 is 67.1. The van der Waals surface area contributed by atoms with E-state index >= 15 is 0 Å². The molecule has 13 nitrogen and oxygen atoms in total. The largest absolute Gasteiger partial charge is 0.460 e. The maximum absolute atomic E-state index is 14.0. The molecule has 0 radical (unpaired) electrons. The van der Waals surface area contributed by atoms with Crippen LogP contribution in [-0.2, 0) is 50.4 Å². The van der Waals surface area contributed by atoms with Gasteiger partial charge in [0.1, 0.15) is 23.9 Å². The predicted molar refractivity (Wildman–Crippen MR) is 230 cm³/mol. The van der Waals surface area contributed by atoms with E-state index in [2.05, 4.69) is 15.4 Å². The average Bonchev–Trinajstić information content (AvgIpc) is 3.69. The molecule has 16 heteroatoms. The number of aliphatic hydroxyl groups is 1. The van der Waals surface area contributed by atoms with Crippen LogP contribution in [-0.4, -0.2) is 84.2 Å². The number of ether oxygens (including phenoxy) is 5. The summed E-state index contributed by atoms with van der Waals surface area (Å²) in [5.41, 5.74) is 1.74. The zero-order chi connectivity index (χ0) is 46.8. The lowest BCUT2D eigenvalue weighted by atomic mass is 9.91. The molecule has 1 aliphatic carbocycles. The van der Waals surface area contributed by atoms with Gasteiger partial charge in [0.2, 0.25) is 11.7 Å². The molecule has 0 bridgehead atoms. The van der Waals surface area contributed by atoms with Gasteiger partial charge in [-0.3, -0.25) is 14.4 Å². The number of aliphatic hydroxyl groups excluding tert-OH is 1. The Morgan fingerprint density at radius 3 is 2.17 bits per heavy atom. The van der Waals surface area contributed by atoms with Crippen LogP contribution < -0.4 is 10.6 Å². The second kappa shape index (κ2) is 20.9. The lowest BCUT2D eigenvalue weighted by molar-refractivity contribution is -0.182. The monoisotopic (exact) mass is 898 g/mol. The summed E-state index contributed by atoms with van der Waals surface area (Å²) >= 11 is 0. The highest BCUT2D eigenvalue weighted by molar-refractivity contribution is 5.97. The molecule has 0 spiro atoms. The van der Waals surface area contributed by atoms with E-state index in [4.69, 9.17) is 18.9 Å². The molecule has 1 saturated heterocycles. The van der Waals surface area contributed by atoms with Crippen LogP contribution in [0.3, 0.4) is 0 Å². The van der Waals surface area contributed by atoms with Gasteiger partial charge in [0.25, 0.3) is 5.91 Å². The van der Waals surface area contributed by atoms with Crippen molar-refractivity contribution in [3.63, 3.8) is 0 Å². The number of alkyl halides is 3. The Hall–Kier alpha value is -6.62. The normalized spacial score (nSPS) is 18.4. The van der Waals surface area contributed by atoms with Crippen molar-refractivity contribution in [3.8, 4) is 0 Å². The number of hydrogen-bond donors (Lipinski definition) is 3. The third-order valence-corrected chi connectivity index (χ3v) is 10.2. The Balaban J connectivity index is 1.21. The van der Waals surface area contributed by atoms with Crippen LogP contribution in [0.4, 0.5) is 13.2 Å². The summed E-state index contributed by atoms with van der Waals surface area (Å²) in [4.78, 5) is 65.5. The summed E-state index contributed by atoms with van der Waals surface area (Å²) in [6, 6.07) is 30.0. The number of fused-ring (bicyclic) bond motifs is 1. The third-order valence-electron chi connectivity index (χ3n) is 10.2. The number of carbonyl (C=O) groups is 5. The number of rotatable bonds is 16. The second-order valence-electron chi connectivity index (χ2n) is 16.4. The molecule has 65 heavy (non-hydrogen) atoms. The molecule has 1 aliphatic heterocycles. The van der Waals surface area contributed by atoms with E-state index in [1.165, 1.54) is 12.1 Å². The molecule has 2 amide bonds. The molecule has 3 N–H and O–H groups in total. The summed E-state index contributed by atoms with van der Waals surface area (Å²) in [6.45, 7) is 3.03. The standard InChI is InChI=1S/C49H49F3N2O11/c1-47(2,3)64-42(57)24-22-37(29-55)54-45(59)33-15-12-13-31(25-33)28-53-44(58)34-26-39(62-46(60)38-20-11-10-14-32(38)21-23-41(56)61-30-48(50,51)52)43-40(27-34)63-49(65-43,35-16-6-4-7-17-35)36-18-8-5-9-19-36/h4-21,23,25,27,37,39-40,43,55H,22,24,26,28-30H2,1-3H3,(H,53,58)(H,54,59)/t37-,39+,40+,43-/m0/s1. The summed E-state index contributed by atoms with van der Waals surface area (Å²) in [5.74, 6) is -5.11. The van der Waals surface area contributed by atoms with Crippen molar-refractivity contribution in [1.29, 1.82) is 0 Å². The van der Waals surface area contributed by atoms with Crippen LogP contribution in [0, 0.1) is 0 Å². The Morgan fingerprint density at radius 2 is 1.52 bits per heavy atom. The first kappa shape index (κ1) is 47.8. The number of amides is 2. The van der Waals surface area contributed by atoms with Crippen LogP contribution in [0.15, 0.2) is 127 Å². The molecule has 0 saturated carbocycles. The van der Waals surface area contributed by atoms with Gasteiger partial charge in [0.15, 0.2) is 6.61 Å². The van der Waals surface area contributed by atoms with Crippen molar-refractivity contribution in [2.24, 2.45) is 0 Å². The molecule has 4 atom stereocenters. The lowest BCUT2D eigenvalue weighted by Crippen LogP contribution is -2.43. The van der Waals surface area contributed by atoms with E-state index in [-0.39, 0.29) is 48.1 Å². The van der Waals surface area contributed by atoms with Gasteiger partial charge < -0.3 is 39.4 Å². The van der Waals surface area contributed by atoms with Crippen molar-refractivity contribution >= 4 is 35.8 Å². The number of carbonyl (C=O) groups excluding carboxylic acids is 5. The highest BCUT2D eigenvalue weighted by Crippen LogP contribution is 2.47. The molecule has 0 unspecified atom stereocenters. The lowest BCUT2D eigenvalue weighted by Gasteiger charge is -2.31. The van der Waals surface area contributed by atoms with Crippen LogP contribution in [0.2, 0.25) is 0 Å². The zero-order valence-corrected chi connectivity index (χ0v) is 35.8. The second-order valence-corrected chi connectivity index (χ2v) is 16.4. The quantitative estimate of drug-likeness (QED) is 0.0608. The fourth-order valence-electron chi connectivity index (χ4n) is 7.26. The number of benzene rings is 4. The minimum atomic E-state index is -4.72. The van der Waals surface area contributed by atoms with Gasteiger partial charge in [-0.05, 0) is 68.7 Å². The average molecular weight is 899 g/mol. The highest BCUT2D eigenvalue weighted by atomic mass is 19.4. The third kappa shape index (κ3) is 13.0. The highest BCUT2D eigenvalue weighted by Gasteiger charge is 2.55. The first-order valence-corrected chi connectivity index (χ1v) is 20.8. The minimum absolute atomic E-state index is 0.0113. The number of esters is 3.